The molecule has 0 aliphatic heterocycles. The van der Waals surface area contributed by atoms with Crippen molar-refractivity contribution in [3.8, 4) is 11.5 Å². The first-order valence-electron chi connectivity index (χ1n) is 9.56. The molecule has 0 aliphatic rings. The van der Waals surface area contributed by atoms with Crippen LogP contribution in [-0.2, 0) is 13.2 Å². The molecule has 3 aromatic rings. The highest BCUT2D eigenvalue weighted by atomic mass is 16.5. The van der Waals surface area contributed by atoms with Crippen LogP contribution in [0, 0.1) is 0 Å². The predicted molar refractivity (Wildman–Crippen MR) is 111 cm³/mol. The second-order valence-corrected chi connectivity index (χ2v) is 6.50. The van der Waals surface area contributed by atoms with E-state index in [4.69, 9.17) is 9.47 Å². The van der Waals surface area contributed by atoms with Crippen LogP contribution < -0.4 is 14.8 Å². The Bertz CT molecular complexity index is 800. The molecule has 0 spiro atoms. The van der Waals surface area contributed by atoms with Crippen LogP contribution in [0.1, 0.15) is 30.9 Å². The van der Waals surface area contributed by atoms with Gasteiger partial charge in [0, 0.05) is 12.2 Å². The van der Waals surface area contributed by atoms with Gasteiger partial charge in [0.05, 0.1) is 6.61 Å². The van der Waals surface area contributed by atoms with Gasteiger partial charge in [-0.05, 0) is 53.9 Å². The van der Waals surface area contributed by atoms with E-state index in [1.54, 1.807) is 0 Å². The number of nitrogens with one attached hydrogen (secondary N) is 1. The first-order chi connectivity index (χ1) is 13.3. The zero-order valence-electron chi connectivity index (χ0n) is 15.9. The van der Waals surface area contributed by atoms with E-state index < -0.39 is 0 Å². The van der Waals surface area contributed by atoms with Crippen molar-refractivity contribution in [3.05, 3.63) is 90.0 Å². The Kier molecular flexibility index (Phi) is 7.16. The Balaban J connectivity index is 1.48. The Morgan fingerprint density at radius 2 is 1.52 bits per heavy atom. The van der Waals surface area contributed by atoms with Crippen LogP contribution in [0.3, 0.4) is 0 Å². The van der Waals surface area contributed by atoms with Crippen molar-refractivity contribution in [1.29, 1.82) is 0 Å². The number of benzene rings is 3. The van der Waals surface area contributed by atoms with Crippen LogP contribution in [0.2, 0.25) is 0 Å². The zero-order valence-corrected chi connectivity index (χ0v) is 15.9. The van der Waals surface area contributed by atoms with Crippen molar-refractivity contribution in [1.82, 2.24) is 0 Å². The lowest BCUT2D eigenvalue weighted by Crippen LogP contribution is -2.01. The van der Waals surface area contributed by atoms with Crippen LogP contribution in [0.4, 0.5) is 5.69 Å². The highest BCUT2D eigenvalue weighted by Crippen LogP contribution is 2.19. The SMILES string of the molecule is CCCCOc1cccc(CNc2ccc(OCc3ccccc3)cc2)c1. The van der Waals surface area contributed by atoms with E-state index in [2.05, 4.69) is 36.5 Å². The lowest BCUT2D eigenvalue weighted by atomic mass is 10.2. The number of anilines is 1. The van der Waals surface area contributed by atoms with Crippen LogP contribution in [0.15, 0.2) is 78.9 Å². The highest BCUT2D eigenvalue weighted by Gasteiger charge is 2.00. The van der Waals surface area contributed by atoms with Gasteiger partial charge in [0.2, 0.25) is 0 Å². The molecule has 0 amide bonds. The molecule has 3 aromatic carbocycles. The Morgan fingerprint density at radius 1 is 0.741 bits per heavy atom. The zero-order chi connectivity index (χ0) is 18.7. The maximum absolute atomic E-state index is 5.83. The van der Waals surface area contributed by atoms with E-state index in [0.29, 0.717) is 6.61 Å². The minimum absolute atomic E-state index is 0.582. The summed E-state index contributed by atoms with van der Waals surface area (Å²) in [5.41, 5.74) is 3.44. The first kappa shape index (κ1) is 18.8. The predicted octanol–water partition coefficient (Wildman–Crippen LogP) is 6.06. The maximum atomic E-state index is 5.83. The number of unbranched alkanes of at least 4 members (excludes halogenated alkanes) is 1. The molecular formula is C24H27NO2. The summed E-state index contributed by atoms with van der Waals surface area (Å²) in [4.78, 5) is 0. The van der Waals surface area contributed by atoms with Gasteiger partial charge in [0.1, 0.15) is 18.1 Å². The average Bonchev–Trinajstić information content (AvgIpc) is 2.73. The third-order valence-corrected chi connectivity index (χ3v) is 4.26. The summed E-state index contributed by atoms with van der Waals surface area (Å²) in [6.45, 7) is 4.28. The first-order valence-corrected chi connectivity index (χ1v) is 9.56. The third-order valence-electron chi connectivity index (χ3n) is 4.26. The van der Waals surface area contributed by atoms with Crippen molar-refractivity contribution in [3.63, 3.8) is 0 Å². The number of ether oxygens (including phenoxy) is 2. The van der Waals surface area contributed by atoms with Gasteiger partial charge >= 0.3 is 0 Å². The molecule has 3 rings (SSSR count). The Hall–Kier alpha value is -2.94. The third kappa shape index (κ3) is 6.37. The molecule has 0 saturated carbocycles. The molecule has 3 nitrogen and oxygen atoms in total. The number of hydrogen-bond donors (Lipinski definition) is 1. The number of rotatable bonds is 10. The Labute approximate surface area is 162 Å². The second-order valence-electron chi connectivity index (χ2n) is 6.50. The van der Waals surface area contributed by atoms with E-state index in [1.165, 1.54) is 11.1 Å². The van der Waals surface area contributed by atoms with E-state index in [0.717, 1.165) is 43.2 Å². The van der Waals surface area contributed by atoms with Gasteiger partial charge in [0.15, 0.2) is 0 Å². The van der Waals surface area contributed by atoms with Gasteiger partial charge in [-0.25, -0.2) is 0 Å². The molecule has 0 unspecified atom stereocenters. The lowest BCUT2D eigenvalue weighted by Gasteiger charge is -2.11. The fourth-order valence-electron chi connectivity index (χ4n) is 2.69. The van der Waals surface area contributed by atoms with Crippen LogP contribution in [0.5, 0.6) is 11.5 Å². The van der Waals surface area contributed by atoms with Gasteiger partial charge in [-0.1, -0.05) is 55.8 Å². The standard InChI is InChI=1S/C24H27NO2/c1-2-3-16-26-24-11-7-10-21(17-24)18-25-22-12-14-23(15-13-22)27-19-20-8-5-4-6-9-20/h4-15,17,25H,2-3,16,18-19H2,1H3. The summed E-state index contributed by atoms with van der Waals surface area (Å²) in [7, 11) is 0. The normalized spacial score (nSPS) is 10.4. The van der Waals surface area contributed by atoms with E-state index >= 15 is 0 Å². The summed E-state index contributed by atoms with van der Waals surface area (Å²) in [6.07, 6.45) is 2.23. The molecule has 3 heteroatoms. The van der Waals surface area contributed by atoms with Crippen LogP contribution >= 0.6 is 0 Å². The van der Waals surface area contributed by atoms with Gasteiger partial charge in [0.25, 0.3) is 0 Å². The number of hydrogen-bond acceptors (Lipinski definition) is 3. The van der Waals surface area contributed by atoms with E-state index in [1.807, 2.05) is 54.6 Å². The molecule has 0 aliphatic carbocycles. The van der Waals surface area contributed by atoms with E-state index in [-0.39, 0.29) is 0 Å². The fraction of sp³-hybridized carbons (Fsp3) is 0.250. The van der Waals surface area contributed by atoms with Crippen molar-refractivity contribution in [2.24, 2.45) is 0 Å². The molecule has 140 valence electrons. The molecule has 0 bridgehead atoms. The minimum atomic E-state index is 0.582. The second kappa shape index (κ2) is 10.3. The smallest absolute Gasteiger partial charge is 0.119 e. The summed E-state index contributed by atoms with van der Waals surface area (Å²) in [5.74, 6) is 1.81. The largest absolute Gasteiger partial charge is 0.494 e. The van der Waals surface area contributed by atoms with Gasteiger partial charge in [-0.2, -0.15) is 0 Å². The van der Waals surface area contributed by atoms with Crippen LogP contribution in [-0.4, -0.2) is 6.61 Å². The highest BCUT2D eigenvalue weighted by molar-refractivity contribution is 5.47. The lowest BCUT2D eigenvalue weighted by molar-refractivity contribution is 0.306. The van der Waals surface area contributed by atoms with Gasteiger partial charge in [-0.3, -0.25) is 0 Å². The molecule has 1 N–H and O–H groups in total. The van der Waals surface area contributed by atoms with Crippen molar-refractivity contribution < 1.29 is 9.47 Å². The Morgan fingerprint density at radius 3 is 2.30 bits per heavy atom. The molecule has 0 fully saturated rings. The fourth-order valence-corrected chi connectivity index (χ4v) is 2.69. The van der Waals surface area contributed by atoms with Crippen LogP contribution in [0.25, 0.3) is 0 Å². The molecule has 0 heterocycles. The summed E-state index contributed by atoms with van der Waals surface area (Å²) in [5, 5.41) is 3.45. The molecular weight excluding hydrogens is 334 g/mol. The molecule has 0 aromatic heterocycles. The summed E-state index contributed by atoms with van der Waals surface area (Å²) in [6, 6.07) is 26.5. The molecule has 0 radical (unpaired) electrons. The van der Waals surface area contributed by atoms with Crippen molar-refractivity contribution in [2.45, 2.75) is 32.9 Å². The average molecular weight is 361 g/mol. The molecule has 27 heavy (non-hydrogen) atoms. The van der Waals surface area contributed by atoms with Gasteiger partial charge in [-0.15, -0.1) is 0 Å². The maximum Gasteiger partial charge on any atom is 0.119 e. The monoisotopic (exact) mass is 361 g/mol. The van der Waals surface area contributed by atoms with Crippen molar-refractivity contribution in [2.75, 3.05) is 11.9 Å². The quantitative estimate of drug-likeness (QED) is 0.445. The molecule has 0 atom stereocenters. The summed E-state index contributed by atoms with van der Waals surface area (Å²) >= 11 is 0. The topological polar surface area (TPSA) is 30.5 Å². The van der Waals surface area contributed by atoms with Gasteiger partial charge < -0.3 is 14.8 Å². The summed E-state index contributed by atoms with van der Waals surface area (Å²) < 4.78 is 11.6. The molecule has 0 saturated heterocycles. The van der Waals surface area contributed by atoms with Crippen molar-refractivity contribution >= 4 is 5.69 Å². The van der Waals surface area contributed by atoms with E-state index in [9.17, 15) is 0 Å². The minimum Gasteiger partial charge on any atom is -0.494 e.